The van der Waals surface area contributed by atoms with Gasteiger partial charge in [0.2, 0.25) is 5.91 Å². The molecule has 1 heterocycles. The lowest BCUT2D eigenvalue weighted by molar-refractivity contribution is -0.123. The van der Waals surface area contributed by atoms with E-state index in [0.29, 0.717) is 25.0 Å². The maximum Gasteiger partial charge on any atom is 0.222 e. The van der Waals surface area contributed by atoms with Crippen molar-refractivity contribution in [1.82, 2.24) is 10.2 Å². The number of likely N-dealkylation sites (tertiary alicyclic amines) is 1. The van der Waals surface area contributed by atoms with Crippen LogP contribution in [0.4, 0.5) is 0 Å². The third kappa shape index (κ3) is 5.14. The van der Waals surface area contributed by atoms with Crippen LogP contribution in [0.2, 0.25) is 0 Å². The molecule has 0 unspecified atom stereocenters. The van der Waals surface area contributed by atoms with Gasteiger partial charge in [-0.05, 0) is 17.9 Å². The van der Waals surface area contributed by atoms with Gasteiger partial charge in [-0.25, -0.2) is 0 Å². The predicted molar refractivity (Wildman–Crippen MR) is 83.9 cm³/mol. The molecule has 0 bridgehead atoms. The fraction of sp³-hybridized carbons (Fsp3) is 0.588. The lowest BCUT2D eigenvalue weighted by Gasteiger charge is -2.37. The molecular weight excluding hydrogens is 264 g/mol. The van der Waals surface area contributed by atoms with Crippen molar-refractivity contribution < 1.29 is 9.53 Å². The molecule has 0 radical (unpaired) electrons. The van der Waals surface area contributed by atoms with Crippen LogP contribution < -0.4 is 5.32 Å². The molecule has 1 aromatic rings. The van der Waals surface area contributed by atoms with Crippen molar-refractivity contribution in [2.75, 3.05) is 26.8 Å². The number of nitrogens with one attached hydrogen (secondary N) is 1. The monoisotopic (exact) mass is 290 g/mol. The van der Waals surface area contributed by atoms with Gasteiger partial charge in [0, 0.05) is 39.2 Å². The first-order chi connectivity index (χ1) is 10.2. The molecule has 4 heteroatoms. The van der Waals surface area contributed by atoms with E-state index in [4.69, 9.17) is 4.74 Å². The van der Waals surface area contributed by atoms with Crippen LogP contribution >= 0.6 is 0 Å². The van der Waals surface area contributed by atoms with E-state index < -0.39 is 0 Å². The molecule has 116 valence electrons. The maximum atomic E-state index is 11.8. The van der Waals surface area contributed by atoms with Crippen molar-refractivity contribution >= 4 is 5.91 Å². The third-order valence-electron chi connectivity index (χ3n) is 4.12. The number of benzene rings is 1. The minimum atomic E-state index is 0.102. The second kappa shape index (κ2) is 8.15. The van der Waals surface area contributed by atoms with Crippen molar-refractivity contribution in [2.45, 2.75) is 32.4 Å². The Hall–Kier alpha value is -1.39. The number of carbonyl (C=O) groups is 1. The minimum absolute atomic E-state index is 0.102. The molecule has 1 aliphatic rings. The fourth-order valence-corrected chi connectivity index (χ4v) is 2.91. The number of amides is 1. The molecule has 0 spiro atoms. The number of carbonyl (C=O) groups excluding carboxylic acids is 1. The second-order valence-electron chi connectivity index (χ2n) is 5.90. The van der Waals surface area contributed by atoms with Gasteiger partial charge in [-0.1, -0.05) is 37.3 Å². The molecule has 1 aromatic carbocycles. The number of piperidine rings is 1. The Morgan fingerprint density at radius 2 is 2.14 bits per heavy atom. The van der Waals surface area contributed by atoms with E-state index in [1.165, 1.54) is 5.56 Å². The highest BCUT2D eigenvalue weighted by atomic mass is 16.5. The number of ether oxygens (including phenoxy) is 1. The standard InChI is InChI=1S/C17H26N2O2/c1-14-12-19(13-15-6-4-3-5-7-15)10-8-16(14)18-17(20)9-11-21-2/h3-7,14,16H,8-13H2,1-2H3,(H,18,20)/t14-,16-/m1/s1. The van der Waals surface area contributed by atoms with Gasteiger partial charge in [0.1, 0.15) is 0 Å². The van der Waals surface area contributed by atoms with E-state index in [1.807, 2.05) is 6.07 Å². The zero-order valence-corrected chi connectivity index (χ0v) is 13.0. The van der Waals surface area contributed by atoms with Gasteiger partial charge in [-0.15, -0.1) is 0 Å². The minimum Gasteiger partial charge on any atom is -0.384 e. The molecule has 1 saturated heterocycles. The van der Waals surface area contributed by atoms with Gasteiger partial charge < -0.3 is 10.1 Å². The van der Waals surface area contributed by atoms with E-state index in [0.717, 1.165) is 26.1 Å². The summed E-state index contributed by atoms with van der Waals surface area (Å²) in [5.41, 5.74) is 1.35. The Balaban J connectivity index is 1.78. The number of methoxy groups -OCH3 is 1. The summed E-state index contributed by atoms with van der Waals surface area (Å²) in [6, 6.07) is 10.9. The zero-order valence-electron chi connectivity index (χ0n) is 13.0. The molecule has 2 atom stereocenters. The molecule has 21 heavy (non-hydrogen) atoms. The van der Waals surface area contributed by atoms with Crippen molar-refractivity contribution in [3.8, 4) is 0 Å². The van der Waals surface area contributed by atoms with E-state index in [9.17, 15) is 4.79 Å². The van der Waals surface area contributed by atoms with Crippen molar-refractivity contribution in [1.29, 1.82) is 0 Å². The van der Waals surface area contributed by atoms with Gasteiger partial charge in [0.15, 0.2) is 0 Å². The quantitative estimate of drug-likeness (QED) is 0.872. The Morgan fingerprint density at radius 1 is 1.38 bits per heavy atom. The molecule has 1 aliphatic heterocycles. The number of rotatable bonds is 6. The summed E-state index contributed by atoms with van der Waals surface area (Å²) < 4.78 is 4.94. The Morgan fingerprint density at radius 3 is 2.81 bits per heavy atom. The lowest BCUT2D eigenvalue weighted by atomic mass is 9.93. The van der Waals surface area contributed by atoms with Crippen LogP contribution in [-0.2, 0) is 16.1 Å². The molecule has 0 aliphatic carbocycles. The van der Waals surface area contributed by atoms with Gasteiger partial charge >= 0.3 is 0 Å². The fourth-order valence-electron chi connectivity index (χ4n) is 2.91. The van der Waals surface area contributed by atoms with Crippen LogP contribution in [0.5, 0.6) is 0 Å². The average molecular weight is 290 g/mol. The van der Waals surface area contributed by atoms with Crippen LogP contribution in [0.1, 0.15) is 25.3 Å². The Bertz CT molecular complexity index is 436. The van der Waals surface area contributed by atoms with Gasteiger partial charge in [0.25, 0.3) is 0 Å². The molecule has 0 saturated carbocycles. The highest BCUT2D eigenvalue weighted by molar-refractivity contribution is 5.76. The first kappa shape index (κ1) is 16.0. The van der Waals surface area contributed by atoms with E-state index in [-0.39, 0.29) is 5.91 Å². The Kier molecular flexibility index (Phi) is 6.21. The van der Waals surface area contributed by atoms with Gasteiger partial charge in [-0.3, -0.25) is 9.69 Å². The molecule has 2 rings (SSSR count). The maximum absolute atomic E-state index is 11.8. The smallest absolute Gasteiger partial charge is 0.222 e. The lowest BCUT2D eigenvalue weighted by Crippen LogP contribution is -2.49. The zero-order chi connectivity index (χ0) is 15.1. The van der Waals surface area contributed by atoms with E-state index in [1.54, 1.807) is 7.11 Å². The van der Waals surface area contributed by atoms with Crippen LogP contribution in [-0.4, -0.2) is 43.7 Å². The first-order valence-electron chi connectivity index (χ1n) is 7.73. The summed E-state index contributed by atoms with van der Waals surface area (Å²) in [6.45, 7) is 5.78. The predicted octanol–water partition coefficient (Wildman–Crippen LogP) is 2.05. The molecular formula is C17H26N2O2. The number of hydrogen-bond donors (Lipinski definition) is 1. The number of hydrogen-bond acceptors (Lipinski definition) is 3. The summed E-state index contributed by atoms with van der Waals surface area (Å²) in [7, 11) is 1.62. The van der Waals surface area contributed by atoms with Crippen LogP contribution in [0.15, 0.2) is 30.3 Å². The van der Waals surface area contributed by atoms with Gasteiger partial charge in [-0.2, -0.15) is 0 Å². The molecule has 1 amide bonds. The van der Waals surface area contributed by atoms with Crippen LogP contribution in [0.3, 0.4) is 0 Å². The largest absolute Gasteiger partial charge is 0.384 e. The summed E-state index contributed by atoms with van der Waals surface area (Å²) in [6.07, 6.45) is 1.47. The summed E-state index contributed by atoms with van der Waals surface area (Å²) >= 11 is 0. The Labute approximate surface area is 127 Å². The SMILES string of the molecule is COCCC(=O)N[C@@H]1CCN(Cc2ccccc2)C[C@H]1C. The average Bonchev–Trinajstić information content (AvgIpc) is 2.49. The van der Waals surface area contributed by atoms with Gasteiger partial charge in [0.05, 0.1) is 6.61 Å². The number of nitrogens with zero attached hydrogens (tertiary/aromatic N) is 1. The van der Waals surface area contributed by atoms with Crippen LogP contribution in [0, 0.1) is 5.92 Å². The topological polar surface area (TPSA) is 41.6 Å². The highest BCUT2D eigenvalue weighted by Crippen LogP contribution is 2.19. The van der Waals surface area contributed by atoms with Crippen molar-refractivity contribution in [3.05, 3.63) is 35.9 Å². The molecule has 4 nitrogen and oxygen atoms in total. The van der Waals surface area contributed by atoms with Crippen molar-refractivity contribution in [2.24, 2.45) is 5.92 Å². The van der Waals surface area contributed by atoms with E-state index in [2.05, 4.69) is 41.4 Å². The molecule has 1 fully saturated rings. The van der Waals surface area contributed by atoms with E-state index >= 15 is 0 Å². The summed E-state index contributed by atoms with van der Waals surface area (Å²) in [5.74, 6) is 0.583. The first-order valence-corrected chi connectivity index (χ1v) is 7.73. The summed E-state index contributed by atoms with van der Waals surface area (Å²) in [4.78, 5) is 14.3. The second-order valence-corrected chi connectivity index (χ2v) is 5.90. The molecule has 1 N–H and O–H groups in total. The summed E-state index contributed by atoms with van der Waals surface area (Å²) in [5, 5.41) is 3.14. The highest BCUT2D eigenvalue weighted by Gasteiger charge is 2.26. The van der Waals surface area contributed by atoms with Crippen molar-refractivity contribution in [3.63, 3.8) is 0 Å². The van der Waals surface area contributed by atoms with Crippen LogP contribution in [0.25, 0.3) is 0 Å². The molecule has 0 aromatic heterocycles. The normalized spacial score (nSPS) is 23.0. The third-order valence-corrected chi connectivity index (χ3v) is 4.12.